The van der Waals surface area contributed by atoms with E-state index in [0.29, 0.717) is 4.90 Å². The van der Waals surface area contributed by atoms with Gasteiger partial charge < -0.3 is 10.6 Å². The lowest BCUT2D eigenvalue weighted by Gasteiger charge is -2.26. The van der Waals surface area contributed by atoms with Crippen molar-refractivity contribution in [2.45, 2.75) is 82.2 Å². The number of rotatable bonds is 13. The molecule has 1 aromatic carbocycles. The zero-order valence-electron chi connectivity index (χ0n) is 23.1. The van der Waals surface area contributed by atoms with E-state index in [-0.39, 0.29) is 35.7 Å². The van der Waals surface area contributed by atoms with Crippen LogP contribution in [-0.2, 0) is 22.8 Å². The molecule has 1 atom stereocenters. The highest BCUT2D eigenvalue weighted by Gasteiger charge is 2.29. The van der Waals surface area contributed by atoms with Gasteiger partial charge in [-0.05, 0) is 81.3 Å². The third-order valence-electron chi connectivity index (χ3n) is 7.47. The van der Waals surface area contributed by atoms with E-state index in [4.69, 9.17) is 5.73 Å². The minimum atomic E-state index is -3.15. The first-order chi connectivity index (χ1) is 17.8. The van der Waals surface area contributed by atoms with Crippen LogP contribution >= 0.6 is 36.2 Å². The number of sulfone groups is 1. The molecule has 2 aliphatic carbocycles. The van der Waals surface area contributed by atoms with Crippen LogP contribution in [0, 0.1) is 0 Å². The van der Waals surface area contributed by atoms with E-state index in [1.807, 2.05) is 16.7 Å². The average Bonchev–Trinajstić information content (AvgIpc) is 3.21. The molecule has 2 N–H and O–H groups in total. The molecule has 0 radical (unpaired) electrons. The van der Waals surface area contributed by atoms with E-state index in [1.54, 1.807) is 12.1 Å². The Kier molecular flexibility index (Phi) is 13.5. The highest BCUT2D eigenvalue weighted by Crippen LogP contribution is 2.42. The molecule has 218 valence electrons. The van der Waals surface area contributed by atoms with Gasteiger partial charge in [-0.25, -0.2) is 8.42 Å². The second-order valence-electron chi connectivity index (χ2n) is 10.4. The molecule has 0 saturated heterocycles. The van der Waals surface area contributed by atoms with Crippen molar-refractivity contribution in [3.63, 3.8) is 0 Å². The van der Waals surface area contributed by atoms with Crippen LogP contribution in [-0.4, -0.2) is 43.8 Å². The molecule has 0 spiro atoms. The molecule has 1 heterocycles. The summed E-state index contributed by atoms with van der Waals surface area (Å²) in [7, 11) is -3.15. The molecule has 39 heavy (non-hydrogen) atoms. The minimum Gasteiger partial charge on any atom is -0.323 e. The number of unbranched alkanes of at least 4 members (excludes halogenated alkanes) is 3. The standard InChI is InChI=1S/C29H41N3O3S2.2ClH/c1-3-17-31(20-16-22-12-14-24(15-13-22)37(2,34)35)18-8-4-5-9-19-32-27-25-11-7-6-10-23(25)21-26(30)28(27)36-29(32)33;;/h7,11-15,26H,3-6,8-10,16-21,30H2,1-2H3;2*1H/t26-;;/m0../s1. The van der Waals surface area contributed by atoms with Crippen molar-refractivity contribution in [2.75, 3.05) is 25.9 Å². The van der Waals surface area contributed by atoms with Gasteiger partial charge in [0.25, 0.3) is 0 Å². The predicted molar refractivity (Wildman–Crippen MR) is 168 cm³/mol. The third kappa shape index (κ3) is 8.78. The molecule has 0 fully saturated rings. The maximum Gasteiger partial charge on any atom is 0.307 e. The maximum absolute atomic E-state index is 12.8. The Hall–Kier alpha value is -1.42. The fourth-order valence-electron chi connectivity index (χ4n) is 5.48. The van der Waals surface area contributed by atoms with Crippen LogP contribution in [0.4, 0.5) is 0 Å². The number of allylic oxidation sites excluding steroid dienone is 3. The normalized spacial score (nSPS) is 16.5. The molecule has 2 aliphatic rings. The highest BCUT2D eigenvalue weighted by atomic mass is 35.5. The maximum atomic E-state index is 12.8. The second-order valence-corrected chi connectivity index (χ2v) is 13.4. The lowest BCUT2D eigenvalue weighted by atomic mass is 9.85. The predicted octanol–water partition coefficient (Wildman–Crippen LogP) is 6.18. The Morgan fingerprint density at radius 1 is 1.05 bits per heavy atom. The van der Waals surface area contributed by atoms with E-state index in [1.165, 1.54) is 34.3 Å². The number of hydrogen-bond acceptors (Lipinski definition) is 6. The van der Waals surface area contributed by atoms with Gasteiger partial charge in [0, 0.05) is 25.4 Å². The van der Waals surface area contributed by atoms with Crippen LogP contribution in [0.15, 0.2) is 51.7 Å². The Bertz CT molecular complexity index is 1300. The number of nitrogens with two attached hydrogens (primary N) is 1. The van der Waals surface area contributed by atoms with Gasteiger partial charge in [0.2, 0.25) is 0 Å². The second kappa shape index (κ2) is 15.5. The smallest absolute Gasteiger partial charge is 0.307 e. The van der Waals surface area contributed by atoms with Gasteiger partial charge in [-0.15, -0.1) is 24.8 Å². The van der Waals surface area contributed by atoms with Crippen molar-refractivity contribution < 1.29 is 8.42 Å². The Morgan fingerprint density at radius 3 is 2.46 bits per heavy atom. The number of aromatic nitrogens is 1. The van der Waals surface area contributed by atoms with Gasteiger partial charge >= 0.3 is 4.87 Å². The summed E-state index contributed by atoms with van der Waals surface area (Å²) in [6, 6.07) is 7.24. The molecule has 0 unspecified atom stereocenters. The van der Waals surface area contributed by atoms with Crippen molar-refractivity contribution in [2.24, 2.45) is 5.73 Å². The van der Waals surface area contributed by atoms with Crippen molar-refractivity contribution >= 4 is 51.6 Å². The van der Waals surface area contributed by atoms with Gasteiger partial charge in [0.1, 0.15) is 0 Å². The van der Waals surface area contributed by atoms with E-state index in [9.17, 15) is 13.2 Å². The molecule has 2 aromatic rings. The summed E-state index contributed by atoms with van der Waals surface area (Å²) >= 11 is 1.34. The third-order valence-corrected chi connectivity index (χ3v) is 9.71. The van der Waals surface area contributed by atoms with E-state index >= 15 is 0 Å². The minimum absolute atomic E-state index is 0. The molecule has 4 rings (SSSR count). The van der Waals surface area contributed by atoms with Crippen LogP contribution < -0.4 is 10.6 Å². The molecule has 0 bridgehead atoms. The van der Waals surface area contributed by atoms with Gasteiger partial charge in [0.05, 0.1) is 15.5 Å². The van der Waals surface area contributed by atoms with Gasteiger partial charge in [-0.1, -0.05) is 61.0 Å². The summed E-state index contributed by atoms with van der Waals surface area (Å²) in [5.74, 6) is 0. The zero-order valence-corrected chi connectivity index (χ0v) is 26.3. The van der Waals surface area contributed by atoms with Crippen molar-refractivity contribution in [1.82, 2.24) is 9.47 Å². The van der Waals surface area contributed by atoms with Crippen molar-refractivity contribution in [3.8, 4) is 0 Å². The summed E-state index contributed by atoms with van der Waals surface area (Å²) in [5, 5.41) is 0. The monoisotopic (exact) mass is 615 g/mol. The van der Waals surface area contributed by atoms with Crippen LogP contribution in [0.1, 0.15) is 80.5 Å². The Morgan fingerprint density at radius 2 is 1.77 bits per heavy atom. The number of fused-ring (bicyclic) bond motifs is 2. The van der Waals surface area contributed by atoms with E-state index in [0.717, 1.165) is 94.5 Å². The lowest BCUT2D eigenvalue weighted by molar-refractivity contribution is 0.270. The summed E-state index contributed by atoms with van der Waals surface area (Å²) in [6.45, 7) is 6.10. The van der Waals surface area contributed by atoms with Crippen molar-refractivity contribution in [3.05, 3.63) is 67.8 Å². The fourth-order valence-corrected chi connectivity index (χ4v) is 7.15. The summed E-state index contributed by atoms with van der Waals surface area (Å²) in [4.78, 5) is 16.9. The number of hydrogen-bond donors (Lipinski definition) is 1. The Labute approximate surface area is 250 Å². The zero-order chi connectivity index (χ0) is 26.4. The summed E-state index contributed by atoms with van der Waals surface area (Å²) < 4.78 is 25.3. The van der Waals surface area contributed by atoms with Gasteiger partial charge in [-0.2, -0.15) is 0 Å². The molecule has 1 aromatic heterocycles. The van der Waals surface area contributed by atoms with Crippen molar-refractivity contribution in [1.29, 1.82) is 0 Å². The molecular weight excluding hydrogens is 573 g/mol. The molecule has 0 saturated carbocycles. The lowest BCUT2D eigenvalue weighted by Crippen LogP contribution is -2.28. The highest BCUT2D eigenvalue weighted by molar-refractivity contribution is 7.90. The van der Waals surface area contributed by atoms with E-state index in [2.05, 4.69) is 24.0 Å². The quantitative estimate of drug-likeness (QED) is 0.272. The topological polar surface area (TPSA) is 85.4 Å². The van der Waals surface area contributed by atoms with E-state index < -0.39 is 9.84 Å². The average molecular weight is 617 g/mol. The fraction of sp³-hybridized carbons (Fsp3) is 0.552. The van der Waals surface area contributed by atoms with Crippen LogP contribution in [0.2, 0.25) is 0 Å². The molecule has 6 nitrogen and oxygen atoms in total. The van der Waals surface area contributed by atoms with Crippen LogP contribution in [0.5, 0.6) is 0 Å². The van der Waals surface area contributed by atoms with Crippen LogP contribution in [0.25, 0.3) is 5.57 Å². The SMILES string of the molecule is CCCN(CCCCCCn1c2c(sc1=O)[C@@H](N)CC1=C2C=CCC1)CCc1ccc(S(C)(=O)=O)cc1.Cl.Cl. The largest absolute Gasteiger partial charge is 0.323 e. The van der Waals surface area contributed by atoms with Crippen LogP contribution in [0.3, 0.4) is 0 Å². The number of thiazole rings is 1. The number of nitrogens with zero attached hydrogens (tertiary/aromatic N) is 2. The van der Waals surface area contributed by atoms with Gasteiger partial charge in [0.15, 0.2) is 9.84 Å². The summed E-state index contributed by atoms with van der Waals surface area (Å²) in [6.07, 6.45) is 15.1. The first-order valence-electron chi connectivity index (χ1n) is 13.7. The number of halogens is 2. The molecule has 10 heteroatoms. The molecule has 0 aliphatic heterocycles. The first-order valence-corrected chi connectivity index (χ1v) is 16.4. The van der Waals surface area contributed by atoms with Gasteiger partial charge in [-0.3, -0.25) is 9.36 Å². The molecule has 0 amide bonds. The molecular formula is C29H43Cl2N3O3S2. The number of benzene rings is 1. The first kappa shape index (κ1) is 33.8. The Balaban J connectivity index is 0.00000267. The summed E-state index contributed by atoms with van der Waals surface area (Å²) in [5.41, 5.74) is 11.4.